The fraction of sp³-hybridized carbons (Fsp3) is 0.133. The van der Waals surface area contributed by atoms with E-state index in [1.165, 1.54) is 0 Å². The van der Waals surface area contributed by atoms with E-state index in [2.05, 4.69) is 10.3 Å². The van der Waals surface area contributed by atoms with Crippen LogP contribution in [0.3, 0.4) is 0 Å². The first kappa shape index (κ1) is 12.8. The molecule has 1 aromatic carbocycles. The van der Waals surface area contributed by atoms with Crippen molar-refractivity contribution in [3.05, 3.63) is 65.5 Å². The smallest absolute Gasteiger partial charge is 0.251 e. The molecule has 1 amide bonds. The Morgan fingerprint density at radius 3 is 2.42 bits per heavy atom. The molecule has 2 aromatic rings. The Morgan fingerprint density at radius 2 is 1.84 bits per heavy atom. The van der Waals surface area contributed by atoms with Gasteiger partial charge in [0, 0.05) is 18.0 Å². The zero-order valence-electron chi connectivity index (χ0n) is 10.5. The van der Waals surface area contributed by atoms with Crippen LogP contribution in [0.2, 0.25) is 0 Å². The molecule has 0 aliphatic rings. The summed E-state index contributed by atoms with van der Waals surface area (Å²) in [7, 11) is 0. The van der Waals surface area contributed by atoms with E-state index < -0.39 is 0 Å². The van der Waals surface area contributed by atoms with Gasteiger partial charge in [0.05, 0.1) is 17.7 Å². The average Bonchev–Trinajstić information content (AvgIpc) is 2.48. The average molecular weight is 251 g/mol. The number of pyridine rings is 1. The van der Waals surface area contributed by atoms with Gasteiger partial charge in [0.25, 0.3) is 5.91 Å². The molecule has 0 aliphatic heterocycles. The molecule has 0 saturated carbocycles. The second kappa shape index (κ2) is 5.78. The number of carbonyl (C=O) groups excluding carboxylic acids is 1. The highest BCUT2D eigenvalue weighted by molar-refractivity contribution is 5.94. The highest BCUT2D eigenvalue weighted by atomic mass is 16.1. The molecule has 19 heavy (non-hydrogen) atoms. The van der Waals surface area contributed by atoms with E-state index in [0.717, 1.165) is 5.56 Å². The summed E-state index contributed by atoms with van der Waals surface area (Å²) in [6, 6.07) is 12.2. The number of hydrogen-bond donors (Lipinski definition) is 1. The third-order valence-electron chi connectivity index (χ3n) is 2.83. The summed E-state index contributed by atoms with van der Waals surface area (Å²) >= 11 is 0. The monoisotopic (exact) mass is 251 g/mol. The Morgan fingerprint density at radius 1 is 1.21 bits per heavy atom. The van der Waals surface area contributed by atoms with Crippen LogP contribution in [-0.4, -0.2) is 10.9 Å². The number of nitrogens with zero attached hydrogens (tertiary/aromatic N) is 2. The summed E-state index contributed by atoms with van der Waals surface area (Å²) in [5, 5.41) is 11.6. The first-order valence-corrected chi connectivity index (χ1v) is 5.91. The Balaban J connectivity index is 2.06. The van der Waals surface area contributed by atoms with Crippen molar-refractivity contribution in [1.82, 2.24) is 10.3 Å². The van der Waals surface area contributed by atoms with E-state index in [1.54, 1.807) is 36.7 Å². The van der Waals surface area contributed by atoms with Crippen molar-refractivity contribution in [2.24, 2.45) is 0 Å². The molecule has 1 atom stereocenters. The topological polar surface area (TPSA) is 65.8 Å². The number of rotatable bonds is 3. The van der Waals surface area contributed by atoms with Gasteiger partial charge in [0.1, 0.15) is 0 Å². The highest BCUT2D eigenvalue weighted by Gasteiger charge is 2.10. The lowest BCUT2D eigenvalue weighted by molar-refractivity contribution is 0.0940. The minimum atomic E-state index is -0.159. The molecular formula is C15H13N3O. The molecule has 0 saturated heterocycles. The van der Waals surface area contributed by atoms with Crippen molar-refractivity contribution in [1.29, 1.82) is 5.26 Å². The summed E-state index contributed by atoms with van der Waals surface area (Å²) < 4.78 is 0. The number of aromatic nitrogens is 1. The molecule has 0 spiro atoms. The van der Waals surface area contributed by atoms with Crippen molar-refractivity contribution in [2.45, 2.75) is 13.0 Å². The summed E-state index contributed by atoms with van der Waals surface area (Å²) in [5.74, 6) is -0.159. The molecule has 4 heteroatoms. The third kappa shape index (κ3) is 3.17. The van der Waals surface area contributed by atoms with Gasteiger partial charge in [-0.1, -0.05) is 0 Å². The molecule has 0 unspecified atom stereocenters. The van der Waals surface area contributed by atoms with Gasteiger partial charge in [-0.15, -0.1) is 0 Å². The van der Waals surface area contributed by atoms with Gasteiger partial charge in [0.15, 0.2) is 0 Å². The van der Waals surface area contributed by atoms with Crippen LogP contribution in [0, 0.1) is 11.3 Å². The standard InChI is InChI=1S/C15H13N3O/c1-11(13-6-8-17-9-7-13)18-15(19)14-4-2-12(10-16)3-5-14/h2-9,11H,1H3,(H,18,19)/t11-/m1/s1. The van der Waals surface area contributed by atoms with Crippen molar-refractivity contribution < 1.29 is 4.79 Å². The van der Waals surface area contributed by atoms with Crippen LogP contribution in [-0.2, 0) is 0 Å². The molecule has 0 radical (unpaired) electrons. The van der Waals surface area contributed by atoms with E-state index in [1.807, 2.05) is 25.1 Å². The van der Waals surface area contributed by atoms with Gasteiger partial charge in [-0.05, 0) is 48.9 Å². The number of benzene rings is 1. The van der Waals surface area contributed by atoms with Crippen LogP contribution in [0.4, 0.5) is 0 Å². The molecule has 4 nitrogen and oxygen atoms in total. The summed E-state index contributed by atoms with van der Waals surface area (Å²) in [5.41, 5.74) is 2.08. The maximum atomic E-state index is 12.0. The van der Waals surface area contributed by atoms with Crippen molar-refractivity contribution in [3.8, 4) is 6.07 Å². The van der Waals surface area contributed by atoms with Crippen molar-refractivity contribution in [3.63, 3.8) is 0 Å². The quantitative estimate of drug-likeness (QED) is 0.911. The van der Waals surface area contributed by atoms with E-state index in [9.17, 15) is 4.79 Å². The second-order valence-corrected chi connectivity index (χ2v) is 4.16. The summed E-state index contributed by atoms with van der Waals surface area (Å²) in [4.78, 5) is 16.0. The zero-order valence-corrected chi connectivity index (χ0v) is 10.5. The molecule has 0 bridgehead atoms. The van der Waals surface area contributed by atoms with Gasteiger partial charge in [-0.25, -0.2) is 0 Å². The fourth-order valence-corrected chi connectivity index (χ4v) is 1.71. The largest absolute Gasteiger partial charge is 0.346 e. The molecule has 1 heterocycles. The van der Waals surface area contributed by atoms with Gasteiger partial charge < -0.3 is 5.32 Å². The number of nitriles is 1. The fourth-order valence-electron chi connectivity index (χ4n) is 1.71. The van der Waals surface area contributed by atoms with E-state index in [4.69, 9.17) is 5.26 Å². The van der Waals surface area contributed by atoms with Crippen molar-refractivity contribution in [2.75, 3.05) is 0 Å². The van der Waals surface area contributed by atoms with Crippen molar-refractivity contribution >= 4 is 5.91 Å². The van der Waals surface area contributed by atoms with E-state index >= 15 is 0 Å². The Labute approximate surface area is 111 Å². The molecular weight excluding hydrogens is 238 g/mol. The van der Waals surface area contributed by atoms with E-state index in [0.29, 0.717) is 11.1 Å². The third-order valence-corrected chi connectivity index (χ3v) is 2.83. The number of amides is 1. The van der Waals surface area contributed by atoms with Crippen LogP contribution in [0.15, 0.2) is 48.8 Å². The van der Waals surface area contributed by atoms with Crippen LogP contribution in [0.5, 0.6) is 0 Å². The molecule has 1 aromatic heterocycles. The summed E-state index contributed by atoms with van der Waals surface area (Å²) in [6.45, 7) is 1.91. The molecule has 94 valence electrons. The predicted octanol–water partition coefficient (Wildman–Crippen LogP) is 2.44. The molecule has 0 fully saturated rings. The van der Waals surface area contributed by atoms with Gasteiger partial charge in [0.2, 0.25) is 0 Å². The van der Waals surface area contributed by atoms with E-state index in [-0.39, 0.29) is 11.9 Å². The Kier molecular flexibility index (Phi) is 3.89. The number of nitrogens with one attached hydrogen (secondary N) is 1. The van der Waals surface area contributed by atoms with Crippen LogP contribution < -0.4 is 5.32 Å². The molecule has 1 N–H and O–H groups in total. The Bertz CT molecular complexity index is 600. The lowest BCUT2D eigenvalue weighted by Crippen LogP contribution is -2.26. The van der Waals surface area contributed by atoms with Gasteiger partial charge >= 0.3 is 0 Å². The Hall–Kier alpha value is -2.67. The summed E-state index contributed by atoms with van der Waals surface area (Å²) in [6.07, 6.45) is 3.39. The van der Waals surface area contributed by atoms with Crippen LogP contribution >= 0.6 is 0 Å². The highest BCUT2D eigenvalue weighted by Crippen LogP contribution is 2.12. The second-order valence-electron chi connectivity index (χ2n) is 4.16. The molecule has 2 rings (SSSR count). The van der Waals surface area contributed by atoms with Gasteiger partial charge in [-0.3, -0.25) is 9.78 Å². The minimum absolute atomic E-state index is 0.0915. The number of carbonyl (C=O) groups is 1. The lowest BCUT2D eigenvalue weighted by Gasteiger charge is -2.14. The normalized spacial score (nSPS) is 11.4. The maximum absolute atomic E-state index is 12.0. The zero-order chi connectivity index (χ0) is 13.7. The first-order valence-electron chi connectivity index (χ1n) is 5.91. The SMILES string of the molecule is C[C@@H](NC(=O)c1ccc(C#N)cc1)c1ccncc1. The minimum Gasteiger partial charge on any atom is -0.346 e. The van der Waals surface area contributed by atoms with Gasteiger partial charge in [-0.2, -0.15) is 5.26 Å². The predicted molar refractivity (Wildman–Crippen MR) is 71.3 cm³/mol. The maximum Gasteiger partial charge on any atom is 0.251 e. The first-order chi connectivity index (χ1) is 9.20. The molecule has 0 aliphatic carbocycles. The lowest BCUT2D eigenvalue weighted by atomic mass is 10.1. The number of hydrogen-bond acceptors (Lipinski definition) is 3. The van der Waals surface area contributed by atoms with Crippen LogP contribution in [0.25, 0.3) is 0 Å². The van der Waals surface area contributed by atoms with Crippen LogP contribution in [0.1, 0.15) is 34.5 Å².